The normalized spacial score (nSPS) is 17.9. The van der Waals surface area contributed by atoms with E-state index >= 15 is 0 Å². The second kappa shape index (κ2) is 5.90. The number of benzene rings is 1. The molecule has 0 radical (unpaired) electrons. The van der Waals surface area contributed by atoms with E-state index in [1.165, 1.54) is 23.5 Å². The van der Waals surface area contributed by atoms with Gasteiger partial charge in [0.25, 0.3) is 5.91 Å². The van der Waals surface area contributed by atoms with E-state index in [9.17, 15) is 13.2 Å². The Balaban J connectivity index is 2.28. The lowest BCUT2D eigenvalue weighted by atomic mass is 10.2. The smallest absolute Gasteiger partial charge is 0.251 e. The number of rotatable bonds is 3. The molecule has 1 heterocycles. The summed E-state index contributed by atoms with van der Waals surface area (Å²) >= 11 is 0. The van der Waals surface area contributed by atoms with Crippen molar-refractivity contribution in [3.63, 3.8) is 0 Å². The predicted molar refractivity (Wildman–Crippen MR) is 76.1 cm³/mol. The molecule has 6 nitrogen and oxygen atoms in total. The van der Waals surface area contributed by atoms with Crippen molar-refractivity contribution in [3.8, 4) is 0 Å². The van der Waals surface area contributed by atoms with Gasteiger partial charge in [0.2, 0.25) is 10.0 Å². The lowest BCUT2D eigenvalue weighted by Gasteiger charge is -2.31. The van der Waals surface area contributed by atoms with Crippen LogP contribution in [0.5, 0.6) is 0 Å². The van der Waals surface area contributed by atoms with E-state index in [2.05, 4.69) is 10.2 Å². The molecule has 0 aliphatic carbocycles. The Morgan fingerprint density at radius 2 is 1.85 bits per heavy atom. The number of sulfonamides is 1. The Morgan fingerprint density at radius 1 is 1.20 bits per heavy atom. The van der Waals surface area contributed by atoms with Crippen molar-refractivity contribution < 1.29 is 13.2 Å². The highest BCUT2D eigenvalue weighted by molar-refractivity contribution is 7.89. The zero-order chi connectivity index (χ0) is 14.8. The third-order valence-corrected chi connectivity index (χ3v) is 5.32. The van der Waals surface area contributed by atoms with Crippen molar-refractivity contribution in [2.24, 2.45) is 0 Å². The monoisotopic (exact) mass is 297 g/mol. The van der Waals surface area contributed by atoms with Gasteiger partial charge < -0.3 is 10.2 Å². The molecular weight excluding hydrogens is 278 g/mol. The second-order valence-electron chi connectivity index (χ2n) is 4.81. The first kappa shape index (κ1) is 15.0. The highest BCUT2D eigenvalue weighted by atomic mass is 32.2. The molecule has 1 aromatic rings. The Hall–Kier alpha value is -1.44. The first-order valence-electron chi connectivity index (χ1n) is 6.46. The topological polar surface area (TPSA) is 69.7 Å². The van der Waals surface area contributed by atoms with Crippen molar-refractivity contribution in [3.05, 3.63) is 29.8 Å². The molecule has 1 fully saturated rings. The van der Waals surface area contributed by atoms with E-state index in [0.29, 0.717) is 31.7 Å². The fourth-order valence-electron chi connectivity index (χ4n) is 2.12. The Bertz CT molecular complexity index is 593. The highest BCUT2D eigenvalue weighted by Gasteiger charge is 2.27. The van der Waals surface area contributed by atoms with Crippen LogP contribution >= 0.6 is 0 Å². The molecule has 7 heteroatoms. The van der Waals surface area contributed by atoms with Gasteiger partial charge in [0.05, 0.1) is 4.90 Å². The summed E-state index contributed by atoms with van der Waals surface area (Å²) in [6.07, 6.45) is 0. The fraction of sp³-hybridized carbons (Fsp3) is 0.462. The maximum absolute atomic E-state index is 12.5. The van der Waals surface area contributed by atoms with E-state index in [1.807, 2.05) is 7.05 Å². The van der Waals surface area contributed by atoms with Gasteiger partial charge in [0.15, 0.2) is 0 Å². The number of carbonyl (C=O) groups excluding carboxylic acids is 1. The molecular formula is C13H19N3O3S. The molecule has 1 saturated heterocycles. The molecule has 0 saturated carbocycles. The van der Waals surface area contributed by atoms with Gasteiger partial charge in [0.1, 0.15) is 0 Å². The second-order valence-corrected chi connectivity index (χ2v) is 6.75. The molecule has 1 aromatic carbocycles. The van der Waals surface area contributed by atoms with Crippen LogP contribution in [-0.2, 0) is 10.0 Å². The first-order valence-corrected chi connectivity index (χ1v) is 7.90. The van der Waals surface area contributed by atoms with E-state index in [-0.39, 0.29) is 10.8 Å². The minimum Gasteiger partial charge on any atom is -0.355 e. The van der Waals surface area contributed by atoms with Crippen LogP contribution in [0.1, 0.15) is 10.4 Å². The van der Waals surface area contributed by atoms with Gasteiger partial charge in [-0.25, -0.2) is 8.42 Å². The number of nitrogens with one attached hydrogen (secondary N) is 1. The zero-order valence-corrected chi connectivity index (χ0v) is 12.5. The van der Waals surface area contributed by atoms with Crippen LogP contribution < -0.4 is 5.32 Å². The number of carbonyl (C=O) groups is 1. The summed E-state index contributed by atoms with van der Waals surface area (Å²) < 4.78 is 26.5. The number of nitrogens with zero attached hydrogens (tertiary/aromatic N) is 2. The van der Waals surface area contributed by atoms with Crippen LogP contribution in [0.2, 0.25) is 0 Å². The molecule has 0 spiro atoms. The average Bonchev–Trinajstić information content (AvgIpc) is 2.47. The lowest BCUT2D eigenvalue weighted by Crippen LogP contribution is -2.47. The van der Waals surface area contributed by atoms with Crippen molar-refractivity contribution in [2.75, 3.05) is 40.3 Å². The van der Waals surface area contributed by atoms with Crippen molar-refractivity contribution in [2.45, 2.75) is 4.90 Å². The van der Waals surface area contributed by atoms with Gasteiger partial charge >= 0.3 is 0 Å². The van der Waals surface area contributed by atoms with Crippen molar-refractivity contribution >= 4 is 15.9 Å². The molecule has 0 unspecified atom stereocenters. The van der Waals surface area contributed by atoms with Crippen LogP contribution in [0.15, 0.2) is 29.2 Å². The Morgan fingerprint density at radius 3 is 2.45 bits per heavy atom. The predicted octanol–water partition coefficient (Wildman–Crippen LogP) is -0.0177. The van der Waals surface area contributed by atoms with Gasteiger partial charge in [-0.05, 0) is 25.2 Å². The largest absolute Gasteiger partial charge is 0.355 e. The maximum Gasteiger partial charge on any atom is 0.251 e. The molecule has 2 rings (SSSR count). The molecule has 110 valence electrons. The number of hydrogen-bond acceptors (Lipinski definition) is 4. The fourth-order valence-corrected chi connectivity index (χ4v) is 3.59. The molecule has 1 aliphatic rings. The van der Waals surface area contributed by atoms with Crippen molar-refractivity contribution in [1.29, 1.82) is 0 Å². The summed E-state index contributed by atoms with van der Waals surface area (Å²) in [5.41, 5.74) is 0.350. The first-order chi connectivity index (χ1) is 9.45. The minimum absolute atomic E-state index is 0.170. The number of amides is 1. The number of likely N-dealkylation sites (N-methyl/N-ethyl adjacent to an activating group) is 1. The maximum atomic E-state index is 12.5. The molecule has 20 heavy (non-hydrogen) atoms. The lowest BCUT2D eigenvalue weighted by molar-refractivity contribution is 0.0963. The van der Waals surface area contributed by atoms with Crippen molar-refractivity contribution in [1.82, 2.24) is 14.5 Å². The average molecular weight is 297 g/mol. The molecule has 0 bridgehead atoms. The van der Waals surface area contributed by atoms with Gasteiger partial charge in [0, 0.05) is 38.8 Å². The zero-order valence-electron chi connectivity index (χ0n) is 11.7. The van der Waals surface area contributed by atoms with E-state index in [4.69, 9.17) is 0 Å². The summed E-state index contributed by atoms with van der Waals surface area (Å²) in [7, 11) is -0.0368. The molecule has 0 aromatic heterocycles. The number of piperazine rings is 1. The highest BCUT2D eigenvalue weighted by Crippen LogP contribution is 2.18. The molecule has 1 aliphatic heterocycles. The molecule has 1 N–H and O–H groups in total. The summed E-state index contributed by atoms with van der Waals surface area (Å²) in [5, 5.41) is 2.49. The number of hydrogen-bond donors (Lipinski definition) is 1. The summed E-state index contributed by atoms with van der Waals surface area (Å²) in [5.74, 6) is -0.291. The third kappa shape index (κ3) is 3.00. The van der Waals surface area contributed by atoms with E-state index < -0.39 is 10.0 Å². The Labute approximate surface area is 119 Å². The standard InChI is InChI=1S/C13H19N3O3S/c1-14-13(17)11-4-3-5-12(10-11)20(18,19)16-8-6-15(2)7-9-16/h3-5,10H,6-9H2,1-2H3,(H,14,17). The van der Waals surface area contributed by atoms with E-state index in [1.54, 1.807) is 12.1 Å². The van der Waals surface area contributed by atoms with E-state index in [0.717, 1.165) is 0 Å². The van der Waals surface area contributed by atoms with Crippen LogP contribution in [0.3, 0.4) is 0 Å². The van der Waals surface area contributed by atoms with Crippen LogP contribution in [0.4, 0.5) is 0 Å². The van der Waals surface area contributed by atoms with Gasteiger partial charge in [-0.15, -0.1) is 0 Å². The van der Waals surface area contributed by atoms with Gasteiger partial charge in [-0.2, -0.15) is 4.31 Å². The SMILES string of the molecule is CNC(=O)c1cccc(S(=O)(=O)N2CCN(C)CC2)c1. The van der Waals surface area contributed by atoms with Crippen LogP contribution in [0, 0.1) is 0 Å². The summed E-state index contributed by atoms with van der Waals surface area (Å²) in [6, 6.07) is 6.14. The summed E-state index contributed by atoms with van der Waals surface area (Å²) in [4.78, 5) is 13.8. The molecule has 1 amide bonds. The Kier molecular flexibility index (Phi) is 4.42. The molecule has 0 atom stereocenters. The van der Waals surface area contributed by atoms with Crippen LogP contribution in [0.25, 0.3) is 0 Å². The van der Waals surface area contributed by atoms with Gasteiger partial charge in [-0.1, -0.05) is 6.07 Å². The third-order valence-electron chi connectivity index (χ3n) is 3.42. The minimum atomic E-state index is -3.52. The quantitative estimate of drug-likeness (QED) is 0.851. The van der Waals surface area contributed by atoms with Gasteiger partial charge in [-0.3, -0.25) is 4.79 Å². The summed E-state index contributed by atoms with van der Waals surface area (Å²) in [6.45, 7) is 2.38. The van der Waals surface area contributed by atoms with Crippen LogP contribution in [-0.4, -0.2) is 63.8 Å².